The molecule has 0 amide bonds. The molecule has 2 heterocycles. The Labute approximate surface area is 127 Å². The summed E-state index contributed by atoms with van der Waals surface area (Å²) in [6.07, 6.45) is 2.64. The van der Waals surface area contributed by atoms with E-state index in [4.69, 9.17) is 14.2 Å². The van der Waals surface area contributed by atoms with Gasteiger partial charge in [-0.2, -0.15) is 0 Å². The SMILES string of the molecule is CCO[C@@H]1CCN(Cc2ccccc2OC)[C@H]2CCO[C@H]12. The Balaban J connectivity index is 1.72. The lowest BCUT2D eigenvalue weighted by atomic mass is 9.95. The van der Waals surface area contributed by atoms with E-state index in [1.165, 1.54) is 5.56 Å². The van der Waals surface area contributed by atoms with Crippen LogP contribution in [0.15, 0.2) is 24.3 Å². The van der Waals surface area contributed by atoms with Gasteiger partial charge in [0.25, 0.3) is 0 Å². The van der Waals surface area contributed by atoms with E-state index in [0.29, 0.717) is 6.04 Å². The maximum absolute atomic E-state index is 5.95. The van der Waals surface area contributed by atoms with Gasteiger partial charge in [0, 0.05) is 37.9 Å². The second kappa shape index (κ2) is 6.77. The lowest BCUT2D eigenvalue weighted by Gasteiger charge is -2.41. The van der Waals surface area contributed by atoms with Gasteiger partial charge in [0.2, 0.25) is 0 Å². The van der Waals surface area contributed by atoms with Gasteiger partial charge in [0.05, 0.1) is 19.3 Å². The minimum atomic E-state index is 0.230. The van der Waals surface area contributed by atoms with Crippen LogP contribution in [0.1, 0.15) is 25.3 Å². The highest BCUT2D eigenvalue weighted by molar-refractivity contribution is 5.33. The Morgan fingerprint density at radius 1 is 1.29 bits per heavy atom. The summed E-state index contributed by atoms with van der Waals surface area (Å²) >= 11 is 0. The number of nitrogens with zero attached hydrogens (tertiary/aromatic N) is 1. The summed E-state index contributed by atoms with van der Waals surface area (Å²) in [5.41, 5.74) is 1.25. The Bertz CT molecular complexity index is 465. The van der Waals surface area contributed by atoms with E-state index in [0.717, 1.165) is 44.9 Å². The molecule has 0 aromatic heterocycles. The highest BCUT2D eigenvalue weighted by Crippen LogP contribution is 2.32. The number of hydrogen-bond donors (Lipinski definition) is 0. The van der Waals surface area contributed by atoms with Gasteiger partial charge < -0.3 is 14.2 Å². The number of hydrogen-bond acceptors (Lipinski definition) is 4. The van der Waals surface area contributed by atoms with E-state index in [9.17, 15) is 0 Å². The zero-order valence-corrected chi connectivity index (χ0v) is 13.0. The molecule has 4 nitrogen and oxygen atoms in total. The van der Waals surface area contributed by atoms with Gasteiger partial charge in [-0.3, -0.25) is 4.90 Å². The lowest BCUT2D eigenvalue weighted by molar-refractivity contribution is -0.0969. The van der Waals surface area contributed by atoms with Crippen molar-refractivity contribution >= 4 is 0 Å². The highest BCUT2D eigenvalue weighted by Gasteiger charge is 2.42. The molecule has 0 bridgehead atoms. The van der Waals surface area contributed by atoms with Crippen molar-refractivity contribution in [1.29, 1.82) is 0 Å². The fraction of sp³-hybridized carbons (Fsp3) is 0.647. The van der Waals surface area contributed by atoms with Crippen molar-refractivity contribution in [2.75, 3.05) is 26.9 Å². The molecule has 116 valence electrons. The summed E-state index contributed by atoms with van der Waals surface area (Å²) in [6, 6.07) is 8.75. The summed E-state index contributed by atoms with van der Waals surface area (Å²) in [4.78, 5) is 2.53. The number of ether oxygens (including phenoxy) is 3. The van der Waals surface area contributed by atoms with Crippen LogP contribution in [0.5, 0.6) is 5.75 Å². The van der Waals surface area contributed by atoms with Gasteiger partial charge in [-0.15, -0.1) is 0 Å². The molecule has 0 saturated carbocycles. The second-order valence-corrected chi connectivity index (χ2v) is 5.76. The van der Waals surface area contributed by atoms with Crippen LogP contribution in [0.4, 0.5) is 0 Å². The van der Waals surface area contributed by atoms with Crippen molar-refractivity contribution in [2.24, 2.45) is 0 Å². The largest absolute Gasteiger partial charge is 0.496 e. The molecule has 0 radical (unpaired) electrons. The number of methoxy groups -OCH3 is 1. The van der Waals surface area contributed by atoms with Gasteiger partial charge >= 0.3 is 0 Å². The molecule has 3 rings (SSSR count). The fourth-order valence-electron chi connectivity index (χ4n) is 3.61. The van der Waals surface area contributed by atoms with Crippen molar-refractivity contribution in [2.45, 2.75) is 44.6 Å². The fourth-order valence-corrected chi connectivity index (χ4v) is 3.61. The lowest BCUT2D eigenvalue weighted by Crippen LogP contribution is -2.52. The molecule has 4 heteroatoms. The van der Waals surface area contributed by atoms with Crippen molar-refractivity contribution in [3.8, 4) is 5.75 Å². The van der Waals surface area contributed by atoms with Crippen LogP contribution in [0, 0.1) is 0 Å². The zero-order valence-electron chi connectivity index (χ0n) is 13.0. The third kappa shape index (κ3) is 3.07. The van der Waals surface area contributed by atoms with Crippen LogP contribution in [0.3, 0.4) is 0 Å². The zero-order chi connectivity index (χ0) is 14.7. The van der Waals surface area contributed by atoms with E-state index in [1.807, 2.05) is 12.1 Å². The molecule has 0 aliphatic carbocycles. The highest BCUT2D eigenvalue weighted by atomic mass is 16.5. The molecular weight excluding hydrogens is 266 g/mol. The first-order chi connectivity index (χ1) is 10.3. The van der Waals surface area contributed by atoms with Crippen molar-refractivity contribution in [1.82, 2.24) is 4.90 Å². The molecule has 2 aliphatic heterocycles. The topological polar surface area (TPSA) is 30.9 Å². The molecule has 21 heavy (non-hydrogen) atoms. The number of fused-ring (bicyclic) bond motifs is 1. The summed E-state index contributed by atoms with van der Waals surface area (Å²) in [5, 5.41) is 0. The van der Waals surface area contributed by atoms with Crippen LogP contribution in [-0.2, 0) is 16.0 Å². The Kier molecular flexibility index (Phi) is 4.78. The number of piperidine rings is 1. The van der Waals surface area contributed by atoms with Crippen LogP contribution in [0.25, 0.3) is 0 Å². The van der Waals surface area contributed by atoms with E-state index < -0.39 is 0 Å². The summed E-state index contributed by atoms with van der Waals surface area (Å²) in [6.45, 7) is 5.66. The summed E-state index contributed by atoms with van der Waals surface area (Å²) in [5.74, 6) is 0.972. The molecule has 2 aliphatic rings. The van der Waals surface area contributed by atoms with Gasteiger partial charge in [0.1, 0.15) is 5.75 Å². The molecular formula is C17H25NO3. The quantitative estimate of drug-likeness (QED) is 0.834. The average Bonchev–Trinajstić information content (AvgIpc) is 3.00. The predicted molar refractivity (Wildman–Crippen MR) is 81.6 cm³/mol. The minimum Gasteiger partial charge on any atom is -0.496 e. The smallest absolute Gasteiger partial charge is 0.123 e. The van der Waals surface area contributed by atoms with Crippen LogP contribution in [0.2, 0.25) is 0 Å². The Hall–Kier alpha value is -1.10. The molecule has 3 atom stereocenters. The van der Waals surface area contributed by atoms with E-state index in [-0.39, 0.29) is 12.2 Å². The maximum Gasteiger partial charge on any atom is 0.123 e. The third-order valence-electron chi connectivity index (χ3n) is 4.59. The second-order valence-electron chi connectivity index (χ2n) is 5.76. The Morgan fingerprint density at radius 2 is 2.14 bits per heavy atom. The molecule has 0 spiro atoms. The van der Waals surface area contributed by atoms with Gasteiger partial charge in [-0.05, 0) is 25.8 Å². The molecule has 0 unspecified atom stereocenters. The van der Waals surface area contributed by atoms with Crippen LogP contribution in [-0.4, -0.2) is 50.0 Å². The third-order valence-corrected chi connectivity index (χ3v) is 4.59. The number of benzene rings is 1. The van der Waals surface area contributed by atoms with Crippen LogP contribution >= 0.6 is 0 Å². The van der Waals surface area contributed by atoms with Crippen molar-refractivity contribution in [3.63, 3.8) is 0 Å². The van der Waals surface area contributed by atoms with E-state index >= 15 is 0 Å². The summed E-state index contributed by atoms with van der Waals surface area (Å²) in [7, 11) is 1.74. The maximum atomic E-state index is 5.95. The average molecular weight is 291 g/mol. The van der Waals surface area contributed by atoms with Crippen molar-refractivity contribution < 1.29 is 14.2 Å². The standard InChI is InChI=1S/C17H25NO3/c1-3-20-16-8-10-18(14-9-11-21-17(14)16)12-13-6-4-5-7-15(13)19-2/h4-7,14,16-17H,3,8-12H2,1-2H3/t14-,16+,17-/m0/s1. The normalized spacial score (nSPS) is 29.3. The van der Waals surface area contributed by atoms with Crippen LogP contribution < -0.4 is 4.74 Å². The Morgan fingerprint density at radius 3 is 2.95 bits per heavy atom. The first-order valence-corrected chi connectivity index (χ1v) is 7.92. The molecule has 0 N–H and O–H groups in total. The van der Waals surface area contributed by atoms with Crippen molar-refractivity contribution in [3.05, 3.63) is 29.8 Å². The van der Waals surface area contributed by atoms with Gasteiger partial charge in [-0.25, -0.2) is 0 Å². The summed E-state index contributed by atoms with van der Waals surface area (Å²) < 4.78 is 17.3. The van der Waals surface area contributed by atoms with E-state index in [2.05, 4.69) is 24.0 Å². The van der Waals surface area contributed by atoms with Gasteiger partial charge in [-0.1, -0.05) is 18.2 Å². The monoisotopic (exact) mass is 291 g/mol. The minimum absolute atomic E-state index is 0.230. The number of rotatable bonds is 5. The van der Waals surface area contributed by atoms with E-state index in [1.54, 1.807) is 7.11 Å². The molecule has 2 saturated heterocycles. The molecule has 1 aromatic carbocycles. The number of para-hydroxylation sites is 1. The van der Waals surface area contributed by atoms with Gasteiger partial charge in [0.15, 0.2) is 0 Å². The first-order valence-electron chi connectivity index (χ1n) is 7.92. The predicted octanol–water partition coefficient (Wildman–Crippen LogP) is 2.46. The molecule has 1 aromatic rings. The first kappa shape index (κ1) is 14.8. The molecule has 2 fully saturated rings. The number of likely N-dealkylation sites (tertiary alicyclic amines) is 1.